The third kappa shape index (κ3) is 4.59. The number of rotatable bonds is 8. The molecule has 0 bridgehead atoms. The zero-order valence-electron chi connectivity index (χ0n) is 13.1. The molecule has 0 saturated heterocycles. The van der Waals surface area contributed by atoms with Gasteiger partial charge in [-0.05, 0) is 24.6 Å². The van der Waals surface area contributed by atoms with Crippen LogP contribution in [0.3, 0.4) is 0 Å². The van der Waals surface area contributed by atoms with Gasteiger partial charge in [-0.3, -0.25) is 0 Å². The fourth-order valence-electron chi connectivity index (χ4n) is 2.01. The molecular weight excluding hydrogens is 290 g/mol. The van der Waals surface area contributed by atoms with Gasteiger partial charge in [0.15, 0.2) is 0 Å². The molecule has 21 heavy (non-hydrogen) atoms. The summed E-state index contributed by atoms with van der Waals surface area (Å²) in [4.78, 5) is 0.189. The summed E-state index contributed by atoms with van der Waals surface area (Å²) in [5.41, 5.74) is 7.11. The van der Waals surface area contributed by atoms with Crippen molar-refractivity contribution in [3.05, 3.63) is 18.2 Å². The van der Waals surface area contributed by atoms with Gasteiger partial charge in [-0.1, -0.05) is 13.3 Å². The highest BCUT2D eigenvalue weighted by molar-refractivity contribution is 7.89. The van der Waals surface area contributed by atoms with Gasteiger partial charge in [-0.2, -0.15) is 0 Å². The Morgan fingerprint density at radius 1 is 1.38 bits per heavy atom. The number of ether oxygens (including phenoxy) is 1. The largest absolute Gasteiger partial charge is 0.397 e. The van der Waals surface area contributed by atoms with Crippen LogP contribution in [0.25, 0.3) is 0 Å². The average Bonchev–Trinajstić information content (AvgIpc) is 2.41. The van der Waals surface area contributed by atoms with Gasteiger partial charge in [-0.25, -0.2) is 12.7 Å². The lowest BCUT2D eigenvalue weighted by Crippen LogP contribution is -2.25. The number of nitrogen functional groups attached to an aromatic ring is 1. The van der Waals surface area contributed by atoms with Gasteiger partial charge in [0.2, 0.25) is 10.0 Å². The maximum atomic E-state index is 12.1. The Hall–Kier alpha value is -1.31. The van der Waals surface area contributed by atoms with Gasteiger partial charge in [0.05, 0.1) is 22.9 Å². The van der Waals surface area contributed by atoms with E-state index in [0.717, 1.165) is 18.5 Å². The molecule has 0 aliphatic heterocycles. The van der Waals surface area contributed by atoms with Gasteiger partial charge in [0, 0.05) is 27.2 Å². The van der Waals surface area contributed by atoms with E-state index in [9.17, 15) is 8.42 Å². The van der Waals surface area contributed by atoms with Crippen molar-refractivity contribution in [1.82, 2.24) is 4.31 Å². The molecule has 0 saturated carbocycles. The fourth-order valence-corrected chi connectivity index (χ4v) is 2.95. The van der Waals surface area contributed by atoms with Crippen LogP contribution in [0.2, 0.25) is 0 Å². The van der Waals surface area contributed by atoms with Crippen LogP contribution in [0, 0.1) is 0 Å². The molecule has 3 N–H and O–H groups in total. The summed E-state index contributed by atoms with van der Waals surface area (Å²) in [5, 5.41) is 3.30. The van der Waals surface area contributed by atoms with E-state index in [1.54, 1.807) is 19.2 Å². The standard InChI is InChI=1S/C14H25N3O3S/c1-5-6-11(10-20-4)16-14-8-7-12(9-13(14)15)21(18,19)17(2)3/h7-9,11,16H,5-6,10,15H2,1-4H3. The van der Waals surface area contributed by atoms with E-state index in [2.05, 4.69) is 12.2 Å². The van der Waals surface area contributed by atoms with Crippen molar-refractivity contribution in [1.29, 1.82) is 0 Å². The Morgan fingerprint density at radius 3 is 2.52 bits per heavy atom. The number of methoxy groups -OCH3 is 1. The van der Waals surface area contributed by atoms with Crippen LogP contribution >= 0.6 is 0 Å². The topological polar surface area (TPSA) is 84.7 Å². The smallest absolute Gasteiger partial charge is 0.242 e. The van der Waals surface area contributed by atoms with Crippen molar-refractivity contribution in [2.24, 2.45) is 0 Å². The highest BCUT2D eigenvalue weighted by Gasteiger charge is 2.18. The quantitative estimate of drug-likeness (QED) is 0.714. The third-order valence-corrected chi connectivity index (χ3v) is 4.98. The maximum Gasteiger partial charge on any atom is 0.242 e. The number of nitrogens with zero attached hydrogens (tertiary/aromatic N) is 1. The second-order valence-electron chi connectivity index (χ2n) is 5.12. The number of nitrogens with one attached hydrogen (secondary N) is 1. The summed E-state index contributed by atoms with van der Waals surface area (Å²) in [7, 11) is 1.18. The van der Waals surface area contributed by atoms with Crippen molar-refractivity contribution in [3.8, 4) is 0 Å². The molecule has 1 aromatic carbocycles. The molecule has 0 aliphatic rings. The minimum atomic E-state index is -3.46. The van der Waals surface area contributed by atoms with Crippen LogP contribution in [0.1, 0.15) is 19.8 Å². The number of nitrogens with two attached hydrogens (primary N) is 1. The number of hydrogen-bond donors (Lipinski definition) is 2. The zero-order valence-corrected chi connectivity index (χ0v) is 13.9. The van der Waals surface area contributed by atoms with Crippen molar-refractivity contribution >= 4 is 21.4 Å². The van der Waals surface area contributed by atoms with E-state index in [4.69, 9.17) is 10.5 Å². The molecule has 0 amide bonds. The minimum Gasteiger partial charge on any atom is -0.397 e. The molecule has 1 atom stereocenters. The lowest BCUT2D eigenvalue weighted by molar-refractivity contribution is 0.182. The van der Waals surface area contributed by atoms with Crippen LogP contribution in [-0.2, 0) is 14.8 Å². The first-order valence-electron chi connectivity index (χ1n) is 6.90. The fraction of sp³-hybridized carbons (Fsp3) is 0.571. The number of benzene rings is 1. The van der Waals surface area contributed by atoms with Crippen molar-refractivity contribution in [2.75, 3.05) is 38.9 Å². The van der Waals surface area contributed by atoms with Gasteiger partial charge in [-0.15, -0.1) is 0 Å². The summed E-state index contributed by atoms with van der Waals surface area (Å²) in [6.45, 7) is 2.67. The summed E-state index contributed by atoms with van der Waals surface area (Å²) < 4.78 is 30.4. The second kappa shape index (κ2) is 7.63. The van der Waals surface area contributed by atoms with E-state index in [-0.39, 0.29) is 10.9 Å². The molecule has 7 heteroatoms. The molecule has 1 rings (SSSR count). The SMILES string of the molecule is CCCC(COC)Nc1ccc(S(=O)(=O)N(C)C)cc1N. The number of hydrogen-bond acceptors (Lipinski definition) is 5. The van der Waals surface area contributed by atoms with E-state index in [1.807, 2.05) is 0 Å². The van der Waals surface area contributed by atoms with Crippen LogP contribution < -0.4 is 11.1 Å². The molecule has 0 aromatic heterocycles. The van der Waals surface area contributed by atoms with E-state index in [0.29, 0.717) is 12.3 Å². The molecule has 1 unspecified atom stereocenters. The number of sulfonamides is 1. The van der Waals surface area contributed by atoms with Crippen LogP contribution in [0.15, 0.2) is 23.1 Å². The van der Waals surface area contributed by atoms with Crippen LogP contribution in [-0.4, -0.2) is 46.6 Å². The maximum absolute atomic E-state index is 12.1. The molecular formula is C14H25N3O3S. The molecule has 120 valence electrons. The molecule has 0 aliphatic carbocycles. The lowest BCUT2D eigenvalue weighted by Gasteiger charge is -2.20. The summed E-state index contributed by atoms with van der Waals surface area (Å²) in [6.07, 6.45) is 1.97. The van der Waals surface area contributed by atoms with Gasteiger partial charge in [0.1, 0.15) is 0 Å². The number of anilines is 2. The van der Waals surface area contributed by atoms with E-state index >= 15 is 0 Å². The van der Waals surface area contributed by atoms with Crippen molar-refractivity contribution < 1.29 is 13.2 Å². The Balaban J connectivity index is 2.98. The Labute approximate surface area is 127 Å². The first-order valence-corrected chi connectivity index (χ1v) is 8.34. The predicted molar refractivity (Wildman–Crippen MR) is 85.9 cm³/mol. The van der Waals surface area contributed by atoms with E-state index < -0.39 is 10.0 Å². The average molecular weight is 315 g/mol. The predicted octanol–water partition coefficient (Wildman–Crippen LogP) is 1.75. The molecule has 1 aromatic rings. The lowest BCUT2D eigenvalue weighted by atomic mass is 10.1. The molecule has 6 nitrogen and oxygen atoms in total. The second-order valence-corrected chi connectivity index (χ2v) is 7.27. The molecule has 0 heterocycles. The molecule has 0 radical (unpaired) electrons. The summed E-state index contributed by atoms with van der Waals surface area (Å²) >= 11 is 0. The first-order chi connectivity index (χ1) is 9.82. The van der Waals surface area contributed by atoms with Crippen molar-refractivity contribution in [2.45, 2.75) is 30.7 Å². The summed E-state index contributed by atoms with van der Waals surface area (Å²) in [5.74, 6) is 0. The van der Waals surface area contributed by atoms with Crippen LogP contribution in [0.4, 0.5) is 11.4 Å². The Kier molecular flexibility index (Phi) is 6.44. The highest BCUT2D eigenvalue weighted by Crippen LogP contribution is 2.25. The van der Waals surface area contributed by atoms with Gasteiger partial charge >= 0.3 is 0 Å². The highest BCUT2D eigenvalue weighted by atomic mass is 32.2. The molecule has 0 spiro atoms. The Morgan fingerprint density at radius 2 is 2.05 bits per heavy atom. The first kappa shape index (κ1) is 17.7. The normalized spacial score (nSPS) is 13.4. The van der Waals surface area contributed by atoms with Crippen LogP contribution in [0.5, 0.6) is 0 Å². The van der Waals surface area contributed by atoms with Crippen molar-refractivity contribution in [3.63, 3.8) is 0 Å². The van der Waals surface area contributed by atoms with E-state index in [1.165, 1.54) is 24.5 Å². The zero-order chi connectivity index (χ0) is 16.0. The minimum absolute atomic E-state index is 0.151. The van der Waals surface area contributed by atoms with Gasteiger partial charge < -0.3 is 15.8 Å². The van der Waals surface area contributed by atoms with Gasteiger partial charge in [0.25, 0.3) is 0 Å². The summed E-state index contributed by atoms with van der Waals surface area (Å²) in [6, 6.07) is 4.89. The Bertz CT molecular complexity index is 553. The third-order valence-electron chi connectivity index (χ3n) is 3.17. The molecule has 0 fully saturated rings. The monoisotopic (exact) mass is 315 g/mol.